The molecule has 1 saturated carbocycles. The first-order valence-corrected chi connectivity index (χ1v) is 5.80. The Morgan fingerprint density at radius 3 is 2.59 bits per heavy atom. The molecule has 2 N–H and O–H groups in total. The molecule has 4 heteroatoms. The lowest BCUT2D eigenvalue weighted by molar-refractivity contribution is -0.143. The number of aliphatic hydroxyl groups excluding tert-OH is 1. The summed E-state index contributed by atoms with van der Waals surface area (Å²) in [7, 11) is 0. The van der Waals surface area contributed by atoms with Crippen molar-refractivity contribution in [1.82, 2.24) is 0 Å². The van der Waals surface area contributed by atoms with E-state index in [-0.39, 0.29) is 12.7 Å². The van der Waals surface area contributed by atoms with Gasteiger partial charge in [-0.2, -0.15) is 0 Å². The molecular formula is C13H16O4. The summed E-state index contributed by atoms with van der Waals surface area (Å²) in [6.45, 7) is 0.00145. The van der Waals surface area contributed by atoms with Gasteiger partial charge in [-0.05, 0) is 37.0 Å². The SMILES string of the molecule is O=C(O)C1CCCC1Oc1ccc(CO)cc1. The van der Waals surface area contributed by atoms with Crippen molar-refractivity contribution in [2.24, 2.45) is 5.92 Å². The van der Waals surface area contributed by atoms with Crippen LogP contribution in [0, 0.1) is 5.92 Å². The minimum atomic E-state index is -0.778. The highest BCUT2D eigenvalue weighted by molar-refractivity contribution is 5.71. The van der Waals surface area contributed by atoms with Gasteiger partial charge in [0.25, 0.3) is 0 Å². The topological polar surface area (TPSA) is 66.8 Å². The Labute approximate surface area is 99.8 Å². The lowest BCUT2D eigenvalue weighted by Crippen LogP contribution is -2.27. The number of aliphatic carboxylic acids is 1. The molecule has 0 radical (unpaired) electrons. The summed E-state index contributed by atoms with van der Waals surface area (Å²) in [5.74, 6) is -0.507. The molecule has 2 rings (SSSR count). The smallest absolute Gasteiger partial charge is 0.310 e. The summed E-state index contributed by atoms with van der Waals surface area (Å²) in [6.07, 6.45) is 2.15. The third-order valence-electron chi connectivity index (χ3n) is 3.16. The molecule has 4 nitrogen and oxygen atoms in total. The highest BCUT2D eigenvalue weighted by atomic mass is 16.5. The molecule has 1 aromatic carbocycles. The van der Waals surface area contributed by atoms with Crippen LogP contribution in [0.5, 0.6) is 5.75 Å². The number of hydrogen-bond acceptors (Lipinski definition) is 3. The molecule has 2 atom stereocenters. The first-order chi connectivity index (χ1) is 8.20. The Hall–Kier alpha value is -1.55. The van der Waals surface area contributed by atoms with E-state index in [0.29, 0.717) is 12.2 Å². The zero-order valence-corrected chi connectivity index (χ0v) is 9.50. The predicted molar refractivity (Wildman–Crippen MR) is 61.8 cm³/mol. The fraction of sp³-hybridized carbons (Fsp3) is 0.462. The van der Waals surface area contributed by atoms with Crippen LogP contribution in [0.3, 0.4) is 0 Å². The standard InChI is InChI=1S/C13H16O4/c14-8-9-4-6-10(7-5-9)17-12-3-1-2-11(12)13(15)16/h4-7,11-12,14H,1-3,8H2,(H,15,16). The summed E-state index contributed by atoms with van der Waals surface area (Å²) in [4.78, 5) is 11.0. The van der Waals surface area contributed by atoms with E-state index >= 15 is 0 Å². The molecule has 2 unspecified atom stereocenters. The van der Waals surface area contributed by atoms with Gasteiger partial charge in [0, 0.05) is 0 Å². The van der Waals surface area contributed by atoms with Crippen molar-refractivity contribution in [3.63, 3.8) is 0 Å². The summed E-state index contributed by atoms with van der Waals surface area (Å²) in [6, 6.07) is 7.09. The zero-order valence-electron chi connectivity index (χ0n) is 9.50. The van der Waals surface area contributed by atoms with Crippen LogP contribution >= 0.6 is 0 Å². The highest BCUT2D eigenvalue weighted by Gasteiger charge is 2.34. The van der Waals surface area contributed by atoms with Crippen LogP contribution in [0.25, 0.3) is 0 Å². The van der Waals surface area contributed by atoms with E-state index in [4.69, 9.17) is 14.9 Å². The van der Waals surface area contributed by atoms with Gasteiger partial charge in [-0.3, -0.25) is 4.79 Å². The van der Waals surface area contributed by atoms with Crippen LogP contribution < -0.4 is 4.74 Å². The van der Waals surface area contributed by atoms with E-state index in [0.717, 1.165) is 18.4 Å². The van der Waals surface area contributed by atoms with Gasteiger partial charge in [0.05, 0.1) is 12.5 Å². The molecular weight excluding hydrogens is 220 g/mol. The van der Waals surface area contributed by atoms with Gasteiger partial charge >= 0.3 is 5.97 Å². The van der Waals surface area contributed by atoms with E-state index in [1.165, 1.54) is 0 Å². The molecule has 0 aromatic heterocycles. The number of hydrogen-bond donors (Lipinski definition) is 2. The third-order valence-corrected chi connectivity index (χ3v) is 3.16. The predicted octanol–water partition coefficient (Wildman–Crippen LogP) is 1.81. The van der Waals surface area contributed by atoms with E-state index in [1.807, 2.05) is 0 Å². The molecule has 0 saturated heterocycles. The van der Waals surface area contributed by atoms with Gasteiger partial charge in [0.1, 0.15) is 11.9 Å². The number of ether oxygens (including phenoxy) is 1. The lowest BCUT2D eigenvalue weighted by atomic mass is 10.1. The molecule has 0 heterocycles. The third kappa shape index (κ3) is 2.77. The first-order valence-electron chi connectivity index (χ1n) is 5.80. The molecule has 0 aliphatic heterocycles. The molecule has 17 heavy (non-hydrogen) atoms. The number of carbonyl (C=O) groups is 1. The Bertz CT molecular complexity index is 385. The molecule has 0 spiro atoms. The monoisotopic (exact) mass is 236 g/mol. The van der Waals surface area contributed by atoms with Crippen LogP contribution in [-0.4, -0.2) is 22.3 Å². The van der Waals surface area contributed by atoms with Crippen molar-refractivity contribution in [2.75, 3.05) is 0 Å². The second kappa shape index (κ2) is 5.19. The maximum atomic E-state index is 11.0. The molecule has 1 aromatic rings. The average molecular weight is 236 g/mol. The molecule has 1 fully saturated rings. The first kappa shape index (κ1) is 11.9. The van der Waals surface area contributed by atoms with Gasteiger partial charge in [-0.25, -0.2) is 0 Å². The average Bonchev–Trinajstić information content (AvgIpc) is 2.78. The number of benzene rings is 1. The number of carboxylic acid groups (broad SMARTS) is 1. The van der Waals surface area contributed by atoms with Crippen LogP contribution in [0.4, 0.5) is 0 Å². The summed E-state index contributed by atoms with van der Waals surface area (Å²) in [5.41, 5.74) is 0.818. The van der Waals surface area contributed by atoms with E-state index in [9.17, 15) is 4.79 Å². The molecule has 0 bridgehead atoms. The molecule has 1 aliphatic carbocycles. The Balaban J connectivity index is 2.02. The summed E-state index contributed by atoms with van der Waals surface area (Å²) in [5, 5.41) is 17.9. The van der Waals surface area contributed by atoms with E-state index in [2.05, 4.69) is 0 Å². The van der Waals surface area contributed by atoms with Crippen LogP contribution in [-0.2, 0) is 11.4 Å². The fourth-order valence-electron chi connectivity index (χ4n) is 2.20. The largest absolute Gasteiger partial charge is 0.490 e. The maximum Gasteiger partial charge on any atom is 0.310 e. The Kier molecular flexibility index (Phi) is 3.64. The minimum absolute atomic E-state index is 0.00145. The zero-order chi connectivity index (χ0) is 12.3. The van der Waals surface area contributed by atoms with Crippen LogP contribution in [0.15, 0.2) is 24.3 Å². The van der Waals surface area contributed by atoms with Crippen molar-refractivity contribution >= 4 is 5.97 Å². The number of aliphatic hydroxyl groups is 1. The maximum absolute atomic E-state index is 11.0. The van der Waals surface area contributed by atoms with Crippen LogP contribution in [0.1, 0.15) is 24.8 Å². The summed E-state index contributed by atoms with van der Waals surface area (Å²) >= 11 is 0. The van der Waals surface area contributed by atoms with E-state index in [1.54, 1.807) is 24.3 Å². The van der Waals surface area contributed by atoms with E-state index < -0.39 is 11.9 Å². The number of carboxylic acids is 1. The van der Waals surface area contributed by atoms with Gasteiger partial charge in [-0.1, -0.05) is 12.1 Å². The lowest BCUT2D eigenvalue weighted by Gasteiger charge is -2.18. The van der Waals surface area contributed by atoms with Crippen molar-refractivity contribution in [1.29, 1.82) is 0 Å². The quantitative estimate of drug-likeness (QED) is 0.836. The fourth-order valence-corrected chi connectivity index (χ4v) is 2.20. The molecule has 92 valence electrons. The Morgan fingerprint density at radius 2 is 2.00 bits per heavy atom. The minimum Gasteiger partial charge on any atom is -0.490 e. The highest BCUT2D eigenvalue weighted by Crippen LogP contribution is 2.30. The van der Waals surface area contributed by atoms with Gasteiger partial charge in [0.15, 0.2) is 0 Å². The molecule has 0 amide bonds. The van der Waals surface area contributed by atoms with Crippen molar-refractivity contribution in [3.8, 4) is 5.75 Å². The Morgan fingerprint density at radius 1 is 1.29 bits per heavy atom. The number of rotatable bonds is 4. The van der Waals surface area contributed by atoms with Crippen molar-refractivity contribution < 1.29 is 19.7 Å². The second-order valence-corrected chi connectivity index (χ2v) is 4.33. The summed E-state index contributed by atoms with van der Waals surface area (Å²) < 4.78 is 5.69. The van der Waals surface area contributed by atoms with Gasteiger partial charge < -0.3 is 14.9 Å². The van der Waals surface area contributed by atoms with Crippen molar-refractivity contribution in [3.05, 3.63) is 29.8 Å². The van der Waals surface area contributed by atoms with Crippen molar-refractivity contribution in [2.45, 2.75) is 32.0 Å². The van der Waals surface area contributed by atoms with Crippen LogP contribution in [0.2, 0.25) is 0 Å². The van der Waals surface area contributed by atoms with Gasteiger partial charge in [-0.15, -0.1) is 0 Å². The second-order valence-electron chi connectivity index (χ2n) is 4.33. The van der Waals surface area contributed by atoms with Gasteiger partial charge in [0.2, 0.25) is 0 Å². The molecule has 1 aliphatic rings. The normalized spacial score (nSPS) is 23.6.